The quantitative estimate of drug-likeness (QED) is 0.309. The van der Waals surface area contributed by atoms with Crippen molar-refractivity contribution in [2.45, 2.75) is 38.1 Å². The molecule has 0 heterocycles. The number of rotatable bonds is 8. The molecule has 0 fully saturated rings. The fourth-order valence-electron chi connectivity index (χ4n) is 2.52. The van der Waals surface area contributed by atoms with E-state index in [0.29, 0.717) is 0 Å². The molecule has 176 valence electrons. The second-order valence-electron chi connectivity index (χ2n) is 6.59. The minimum absolute atomic E-state index is 0.00875. The number of carboxylic acids is 1. The van der Waals surface area contributed by atoms with E-state index < -0.39 is 35.4 Å². The van der Waals surface area contributed by atoms with Crippen molar-refractivity contribution in [3.63, 3.8) is 0 Å². The van der Waals surface area contributed by atoms with Crippen LogP contribution in [0.2, 0.25) is 5.02 Å². The fraction of sp³-hybridized carbons (Fsp3) is 0.286. The Balaban J connectivity index is 2.09. The minimum atomic E-state index is -4.54. The first-order chi connectivity index (χ1) is 15.4. The number of aliphatic carboxylic acids is 1. The molecule has 1 N–H and O–H groups in total. The maximum absolute atomic E-state index is 12.7. The van der Waals surface area contributed by atoms with Crippen molar-refractivity contribution < 1.29 is 47.1 Å². The normalized spacial score (nSPS) is 13.8. The first-order valence-electron chi connectivity index (χ1n) is 9.27. The lowest BCUT2D eigenvalue weighted by Crippen LogP contribution is -2.45. The number of carboxylic acid groups (broad SMARTS) is 1. The van der Waals surface area contributed by atoms with Crippen molar-refractivity contribution in [1.29, 1.82) is 5.26 Å². The minimum Gasteiger partial charge on any atom is -0.486 e. The van der Waals surface area contributed by atoms with Crippen LogP contribution in [0, 0.1) is 11.3 Å². The summed E-state index contributed by atoms with van der Waals surface area (Å²) in [6.07, 6.45) is -5.55. The van der Waals surface area contributed by atoms with Gasteiger partial charge in [0, 0.05) is 0 Å². The van der Waals surface area contributed by atoms with E-state index in [9.17, 15) is 28.0 Å². The SMILES string of the molecule is CCC(C#N)(OOC(=O)C(=O)O)C(C)Oc1ccc(Oc2ccc(C(F)(F)F)cc2Cl)cc1. The average Bonchev–Trinajstić information content (AvgIpc) is 2.76. The van der Waals surface area contributed by atoms with E-state index in [2.05, 4.69) is 4.89 Å². The molecule has 2 unspecified atom stereocenters. The summed E-state index contributed by atoms with van der Waals surface area (Å²) in [5.74, 6) is -3.09. The molecule has 0 saturated heterocycles. The number of alkyl halides is 3. The van der Waals surface area contributed by atoms with Crippen LogP contribution in [0.25, 0.3) is 0 Å². The van der Waals surface area contributed by atoms with Gasteiger partial charge in [-0.25, -0.2) is 9.59 Å². The molecule has 0 saturated carbocycles. The van der Waals surface area contributed by atoms with Gasteiger partial charge in [0.05, 0.1) is 10.6 Å². The third-order valence-corrected chi connectivity index (χ3v) is 4.73. The van der Waals surface area contributed by atoms with Gasteiger partial charge in [0.1, 0.15) is 29.4 Å². The van der Waals surface area contributed by atoms with Crippen molar-refractivity contribution in [3.05, 3.63) is 53.1 Å². The molecule has 2 atom stereocenters. The first kappa shape index (κ1) is 25.8. The lowest BCUT2D eigenvalue weighted by molar-refractivity contribution is -0.330. The van der Waals surface area contributed by atoms with Gasteiger partial charge in [-0.1, -0.05) is 18.5 Å². The molecule has 0 amide bonds. The van der Waals surface area contributed by atoms with Gasteiger partial charge in [-0.15, -0.1) is 0 Å². The van der Waals surface area contributed by atoms with Crippen molar-refractivity contribution >= 4 is 23.5 Å². The molecular formula is C21H17ClF3NO7. The van der Waals surface area contributed by atoms with Gasteiger partial charge in [-0.3, -0.25) is 4.89 Å². The second kappa shape index (κ2) is 10.4. The van der Waals surface area contributed by atoms with E-state index in [4.69, 9.17) is 31.1 Å². The van der Waals surface area contributed by atoms with E-state index >= 15 is 0 Å². The summed E-state index contributed by atoms with van der Waals surface area (Å²) in [5, 5.41) is 17.8. The Kier molecular flexibility index (Phi) is 8.13. The van der Waals surface area contributed by atoms with Crippen LogP contribution in [0.4, 0.5) is 13.2 Å². The largest absolute Gasteiger partial charge is 0.486 e. The highest BCUT2D eigenvalue weighted by Crippen LogP contribution is 2.36. The summed E-state index contributed by atoms with van der Waals surface area (Å²) in [6.45, 7) is 3.00. The van der Waals surface area contributed by atoms with Gasteiger partial charge in [-0.2, -0.15) is 23.3 Å². The third kappa shape index (κ3) is 6.50. The summed E-state index contributed by atoms with van der Waals surface area (Å²) in [4.78, 5) is 30.7. The number of ether oxygens (including phenoxy) is 2. The Morgan fingerprint density at radius 1 is 1.15 bits per heavy atom. The summed E-state index contributed by atoms with van der Waals surface area (Å²) in [5.41, 5.74) is -2.71. The topological polar surface area (TPSA) is 115 Å². The predicted molar refractivity (Wildman–Crippen MR) is 107 cm³/mol. The highest BCUT2D eigenvalue weighted by molar-refractivity contribution is 6.32. The second-order valence-corrected chi connectivity index (χ2v) is 7.00. The van der Waals surface area contributed by atoms with Crippen LogP contribution < -0.4 is 9.47 Å². The van der Waals surface area contributed by atoms with Crippen LogP contribution in [0.5, 0.6) is 17.2 Å². The molecule has 0 aliphatic rings. The number of benzene rings is 2. The van der Waals surface area contributed by atoms with Crippen LogP contribution in [0.1, 0.15) is 25.8 Å². The molecule has 0 bridgehead atoms. The van der Waals surface area contributed by atoms with E-state index in [1.807, 2.05) is 6.07 Å². The Hall–Kier alpha value is -3.49. The molecule has 2 aromatic rings. The summed E-state index contributed by atoms with van der Waals surface area (Å²) >= 11 is 5.87. The summed E-state index contributed by atoms with van der Waals surface area (Å²) in [7, 11) is 0. The maximum Gasteiger partial charge on any atom is 0.449 e. The molecule has 0 aromatic heterocycles. The van der Waals surface area contributed by atoms with Gasteiger partial charge in [0.25, 0.3) is 0 Å². The van der Waals surface area contributed by atoms with E-state index in [0.717, 1.165) is 18.2 Å². The number of carbonyl (C=O) groups is 2. The highest BCUT2D eigenvalue weighted by atomic mass is 35.5. The average molecular weight is 488 g/mol. The Bertz CT molecular complexity index is 1050. The zero-order chi connectivity index (χ0) is 24.8. The number of carbonyl (C=O) groups excluding carboxylic acids is 1. The lowest BCUT2D eigenvalue weighted by Gasteiger charge is -2.29. The van der Waals surface area contributed by atoms with Crippen LogP contribution >= 0.6 is 11.6 Å². The third-order valence-electron chi connectivity index (χ3n) is 4.44. The molecule has 2 rings (SSSR count). The first-order valence-corrected chi connectivity index (χ1v) is 9.65. The maximum atomic E-state index is 12.7. The van der Waals surface area contributed by atoms with Crippen molar-refractivity contribution in [1.82, 2.24) is 0 Å². The molecule has 0 aliphatic heterocycles. The van der Waals surface area contributed by atoms with Crippen molar-refractivity contribution in [3.8, 4) is 23.3 Å². The number of halogens is 4. The van der Waals surface area contributed by atoms with Crippen LogP contribution in [-0.4, -0.2) is 28.8 Å². The molecular weight excluding hydrogens is 471 g/mol. The smallest absolute Gasteiger partial charge is 0.449 e. The fourth-order valence-corrected chi connectivity index (χ4v) is 2.74. The lowest BCUT2D eigenvalue weighted by atomic mass is 9.96. The van der Waals surface area contributed by atoms with Gasteiger partial charge in [0.15, 0.2) is 0 Å². The monoisotopic (exact) mass is 487 g/mol. The molecule has 0 aliphatic carbocycles. The van der Waals surface area contributed by atoms with Gasteiger partial charge < -0.3 is 14.6 Å². The number of hydrogen-bond acceptors (Lipinski definition) is 7. The molecule has 8 nitrogen and oxygen atoms in total. The Morgan fingerprint density at radius 2 is 1.76 bits per heavy atom. The molecule has 0 spiro atoms. The Labute approximate surface area is 190 Å². The zero-order valence-corrected chi connectivity index (χ0v) is 17.9. The number of nitrogens with zero attached hydrogens (tertiary/aromatic N) is 1. The van der Waals surface area contributed by atoms with Gasteiger partial charge >= 0.3 is 18.1 Å². The van der Waals surface area contributed by atoms with E-state index in [-0.39, 0.29) is 28.7 Å². The van der Waals surface area contributed by atoms with E-state index in [1.165, 1.54) is 31.2 Å². The zero-order valence-electron chi connectivity index (χ0n) is 17.2. The molecule has 12 heteroatoms. The van der Waals surface area contributed by atoms with E-state index in [1.54, 1.807) is 6.92 Å². The highest BCUT2D eigenvalue weighted by Gasteiger charge is 2.41. The van der Waals surface area contributed by atoms with Gasteiger partial charge in [0.2, 0.25) is 5.60 Å². The van der Waals surface area contributed by atoms with Crippen molar-refractivity contribution in [2.75, 3.05) is 0 Å². The van der Waals surface area contributed by atoms with Crippen LogP contribution in [0.3, 0.4) is 0 Å². The molecule has 2 aromatic carbocycles. The molecule has 33 heavy (non-hydrogen) atoms. The number of hydrogen-bond donors (Lipinski definition) is 1. The number of nitriles is 1. The summed E-state index contributed by atoms with van der Waals surface area (Å²) < 4.78 is 49.4. The van der Waals surface area contributed by atoms with Crippen LogP contribution in [0.15, 0.2) is 42.5 Å². The Morgan fingerprint density at radius 3 is 2.24 bits per heavy atom. The predicted octanol–water partition coefficient (Wildman–Crippen LogP) is 5.15. The van der Waals surface area contributed by atoms with Crippen LogP contribution in [-0.2, 0) is 25.5 Å². The summed E-state index contributed by atoms with van der Waals surface area (Å²) in [6, 6.07) is 10.3. The van der Waals surface area contributed by atoms with Crippen molar-refractivity contribution in [2.24, 2.45) is 0 Å². The standard InChI is InChI=1S/C21H17ClF3NO7/c1-3-20(11-26,33-32-19(29)18(27)28)12(2)30-14-5-7-15(8-6-14)31-17-9-4-13(10-16(17)22)21(23,24)25/h4-10,12H,3H2,1-2H3,(H,27,28). The molecule has 0 radical (unpaired) electrons. The van der Waals surface area contributed by atoms with Gasteiger partial charge in [-0.05, 0) is 55.8 Å².